The van der Waals surface area contributed by atoms with E-state index in [0.29, 0.717) is 19.3 Å². The van der Waals surface area contributed by atoms with Crippen molar-refractivity contribution in [2.75, 3.05) is 0 Å². The minimum Gasteiger partial charge on any atom is -0.479 e. The number of hydrogen-bond acceptors (Lipinski definition) is 4. The molecular weight excluding hydrogens is 363 g/mol. The van der Waals surface area contributed by atoms with Crippen LogP contribution in [0.25, 0.3) is 0 Å². The Morgan fingerprint density at radius 2 is 2.00 bits per heavy atom. The number of alkyl halides is 1. The molecule has 0 heterocycles. The van der Waals surface area contributed by atoms with Crippen molar-refractivity contribution in [2.24, 2.45) is 34.5 Å². The summed E-state index contributed by atoms with van der Waals surface area (Å²) in [6.07, 6.45) is 3.53. The summed E-state index contributed by atoms with van der Waals surface area (Å²) in [5.74, 6) is -2.59. The van der Waals surface area contributed by atoms with Gasteiger partial charge in [-0.3, -0.25) is 4.79 Å². The third-order valence-corrected chi connectivity index (χ3v) is 8.67. The zero-order chi connectivity index (χ0) is 20.6. The van der Waals surface area contributed by atoms with Crippen LogP contribution >= 0.6 is 0 Å². The minimum atomic E-state index is -1.92. The predicted molar refractivity (Wildman–Crippen MR) is 100 cm³/mol. The van der Waals surface area contributed by atoms with E-state index in [9.17, 15) is 24.9 Å². The molecule has 0 unspecified atom stereocenters. The summed E-state index contributed by atoms with van der Waals surface area (Å²) in [6.45, 7) is 5.60. The molecule has 4 rings (SSSR count). The smallest absolute Gasteiger partial charge is 0.332 e. The van der Waals surface area contributed by atoms with Gasteiger partial charge >= 0.3 is 5.97 Å². The number of fused-ring (bicyclic) bond motifs is 5. The quantitative estimate of drug-likeness (QED) is 0.672. The van der Waals surface area contributed by atoms with Gasteiger partial charge in [-0.15, -0.1) is 0 Å². The summed E-state index contributed by atoms with van der Waals surface area (Å²) in [5.41, 5.74) is -2.88. The maximum absolute atomic E-state index is 16.8. The van der Waals surface area contributed by atoms with Crippen LogP contribution in [-0.2, 0) is 9.59 Å². The number of aliphatic hydroxyl groups is 2. The number of aliphatic carboxylic acids is 1. The van der Waals surface area contributed by atoms with Crippen molar-refractivity contribution in [1.82, 2.24) is 0 Å². The molecule has 3 saturated carbocycles. The molecule has 4 aliphatic carbocycles. The summed E-state index contributed by atoms with van der Waals surface area (Å²) in [6, 6.07) is 0. The van der Waals surface area contributed by atoms with E-state index in [1.165, 1.54) is 12.2 Å². The second kappa shape index (κ2) is 5.99. The second-order valence-corrected chi connectivity index (χ2v) is 9.87. The first-order valence-corrected chi connectivity index (χ1v) is 10.2. The highest BCUT2D eigenvalue weighted by atomic mass is 19.1. The largest absolute Gasteiger partial charge is 0.479 e. The molecule has 0 aromatic rings. The fourth-order valence-electron chi connectivity index (χ4n) is 7.44. The maximum atomic E-state index is 16.8. The van der Waals surface area contributed by atoms with Crippen LogP contribution in [0.5, 0.6) is 0 Å². The number of carbonyl (C=O) groups is 2. The molecule has 4 aliphatic rings. The average Bonchev–Trinajstić information content (AvgIpc) is 2.86. The SMILES string of the molecule is C[C@H]1C[C@@H]2[C@@H]3CCC4=CC(=O)C=C[C@]4(C)[C@@]3(F)[C@@H](O)C[C@]2(C)[C@@H]1[C@@H](O)C(=O)O. The highest BCUT2D eigenvalue weighted by Crippen LogP contribution is 2.70. The minimum absolute atomic E-state index is 0.0797. The van der Waals surface area contributed by atoms with Crippen LogP contribution in [0.3, 0.4) is 0 Å². The van der Waals surface area contributed by atoms with Crippen LogP contribution in [0.4, 0.5) is 4.39 Å². The van der Waals surface area contributed by atoms with Crippen molar-refractivity contribution in [3.63, 3.8) is 0 Å². The first kappa shape index (κ1) is 19.8. The highest BCUT2D eigenvalue weighted by molar-refractivity contribution is 6.01. The maximum Gasteiger partial charge on any atom is 0.332 e. The monoisotopic (exact) mass is 392 g/mol. The van der Waals surface area contributed by atoms with Crippen LogP contribution in [0.15, 0.2) is 23.8 Å². The van der Waals surface area contributed by atoms with E-state index in [4.69, 9.17) is 0 Å². The molecule has 0 aromatic heterocycles. The summed E-state index contributed by atoms with van der Waals surface area (Å²) >= 11 is 0. The Balaban J connectivity index is 1.79. The van der Waals surface area contributed by atoms with Gasteiger partial charge in [0.15, 0.2) is 17.6 Å². The summed E-state index contributed by atoms with van der Waals surface area (Å²) in [7, 11) is 0. The van der Waals surface area contributed by atoms with Gasteiger partial charge in [0.25, 0.3) is 0 Å². The van der Waals surface area contributed by atoms with Crippen molar-refractivity contribution in [3.8, 4) is 0 Å². The second-order valence-electron chi connectivity index (χ2n) is 9.87. The Bertz CT molecular complexity index is 790. The lowest BCUT2D eigenvalue weighted by Crippen LogP contribution is -2.67. The lowest BCUT2D eigenvalue weighted by Gasteiger charge is -2.62. The molecule has 3 fully saturated rings. The molecule has 0 aliphatic heterocycles. The van der Waals surface area contributed by atoms with Crippen LogP contribution in [0, 0.1) is 34.5 Å². The molecule has 9 atom stereocenters. The molecule has 0 radical (unpaired) electrons. The summed E-state index contributed by atoms with van der Waals surface area (Å²) in [5, 5.41) is 30.9. The third-order valence-electron chi connectivity index (χ3n) is 8.67. The van der Waals surface area contributed by atoms with Gasteiger partial charge in [-0.1, -0.05) is 25.5 Å². The molecule has 6 heteroatoms. The van der Waals surface area contributed by atoms with Crippen molar-refractivity contribution in [2.45, 2.75) is 64.3 Å². The van der Waals surface area contributed by atoms with E-state index in [1.807, 2.05) is 13.8 Å². The number of rotatable bonds is 2. The van der Waals surface area contributed by atoms with Crippen LogP contribution in [0.2, 0.25) is 0 Å². The van der Waals surface area contributed by atoms with Gasteiger partial charge < -0.3 is 15.3 Å². The van der Waals surface area contributed by atoms with Crippen LogP contribution in [0.1, 0.15) is 46.5 Å². The fraction of sp³-hybridized carbons (Fsp3) is 0.727. The third kappa shape index (κ3) is 2.25. The van der Waals surface area contributed by atoms with Crippen molar-refractivity contribution in [1.29, 1.82) is 0 Å². The standard InChI is InChI=1S/C22H29FO5/c1-11-8-15-14-5-4-12-9-13(24)6-7-21(12,3)22(14,23)16(25)10-20(15,2)17(11)18(26)19(27)28/h6-7,9,11,14-18,25-26H,4-5,8,10H2,1-3H3,(H,27,28)/t11-,14-,15+,16-,17-,18+,20-,21-,22-/m0/s1. The Morgan fingerprint density at radius 3 is 2.64 bits per heavy atom. The number of carboxylic acids is 1. The van der Waals surface area contributed by atoms with Crippen molar-refractivity contribution >= 4 is 11.8 Å². The van der Waals surface area contributed by atoms with Gasteiger partial charge in [0, 0.05) is 17.3 Å². The summed E-state index contributed by atoms with van der Waals surface area (Å²) < 4.78 is 16.8. The van der Waals surface area contributed by atoms with Crippen LogP contribution in [-0.4, -0.2) is 44.9 Å². The molecule has 154 valence electrons. The number of carbonyl (C=O) groups excluding carboxylic acids is 1. The molecular formula is C22H29FO5. The Labute approximate surface area is 164 Å². The molecule has 28 heavy (non-hydrogen) atoms. The lowest BCUT2D eigenvalue weighted by atomic mass is 9.45. The molecule has 5 nitrogen and oxygen atoms in total. The van der Waals surface area contributed by atoms with E-state index in [1.54, 1.807) is 13.0 Å². The Kier molecular flexibility index (Phi) is 4.23. The highest BCUT2D eigenvalue weighted by Gasteiger charge is 2.71. The topological polar surface area (TPSA) is 94.8 Å². The first-order chi connectivity index (χ1) is 13.0. The van der Waals surface area contributed by atoms with E-state index in [-0.39, 0.29) is 24.0 Å². The van der Waals surface area contributed by atoms with Gasteiger partial charge in [0.2, 0.25) is 0 Å². The predicted octanol–water partition coefficient (Wildman–Crippen LogP) is 2.66. The van der Waals surface area contributed by atoms with E-state index in [2.05, 4.69) is 0 Å². The van der Waals surface area contributed by atoms with Gasteiger partial charge in [0.05, 0.1) is 6.10 Å². The molecule has 3 N–H and O–H groups in total. The molecule has 0 amide bonds. The number of carboxylic acid groups (broad SMARTS) is 1. The number of halogens is 1. The summed E-state index contributed by atoms with van der Waals surface area (Å²) in [4.78, 5) is 23.3. The lowest BCUT2D eigenvalue weighted by molar-refractivity contribution is -0.202. The van der Waals surface area contributed by atoms with Gasteiger partial charge in [-0.25, -0.2) is 9.18 Å². The zero-order valence-electron chi connectivity index (χ0n) is 16.6. The Morgan fingerprint density at radius 1 is 1.32 bits per heavy atom. The van der Waals surface area contributed by atoms with Crippen LogP contribution < -0.4 is 0 Å². The van der Waals surface area contributed by atoms with Gasteiger partial charge in [0.1, 0.15) is 0 Å². The van der Waals surface area contributed by atoms with Crippen molar-refractivity contribution < 1.29 is 29.3 Å². The average molecular weight is 392 g/mol. The van der Waals surface area contributed by atoms with E-state index in [0.717, 1.165) is 5.57 Å². The van der Waals surface area contributed by atoms with Crippen molar-refractivity contribution in [3.05, 3.63) is 23.8 Å². The van der Waals surface area contributed by atoms with E-state index < -0.39 is 46.5 Å². The zero-order valence-corrected chi connectivity index (χ0v) is 16.6. The normalized spacial score (nSPS) is 51.0. The molecule has 0 spiro atoms. The first-order valence-electron chi connectivity index (χ1n) is 10.2. The molecule has 0 saturated heterocycles. The number of hydrogen-bond donors (Lipinski definition) is 3. The Hall–Kier alpha value is -1.53. The number of ketones is 1. The van der Waals surface area contributed by atoms with Gasteiger partial charge in [-0.05, 0) is 62.0 Å². The van der Waals surface area contributed by atoms with E-state index >= 15 is 4.39 Å². The van der Waals surface area contributed by atoms with Gasteiger partial charge in [-0.2, -0.15) is 0 Å². The number of aliphatic hydroxyl groups excluding tert-OH is 2. The fourth-order valence-corrected chi connectivity index (χ4v) is 7.44. The molecule has 0 aromatic carbocycles. The number of allylic oxidation sites excluding steroid dienone is 4. The molecule has 0 bridgehead atoms.